The monoisotopic (exact) mass is 205 g/mol. The highest BCUT2D eigenvalue weighted by atomic mass is 32.2. The minimum Gasteiger partial charge on any atom is -0.245 e. The first-order valence-corrected chi connectivity index (χ1v) is 5.66. The topological polar surface area (TPSA) is 21.7 Å². The lowest BCUT2D eigenvalue weighted by atomic mass is 10.2. The molecular formula is C9H19NO2S. The molecule has 0 radical (unpaired) electrons. The molecule has 1 aliphatic rings. The van der Waals surface area contributed by atoms with E-state index < -0.39 is 0 Å². The Morgan fingerprint density at radius 1 is 1.54 bits per heavy atom. The molecule has 0 aliphatic carbocycles. The van der Waals surface area contributed by atoms with Crippen LogP contribution in [0.15, 0.2) is 0 Å². The highest BCUT2D eigenvalue weighted by Crippen LogP contribution is 2.28. The minimum atomic E-state index is 0.535. The van der Waals surface area contributed by atoms with Crippen molar-refractivity contribution in [3.63, 3.8) is 0 Å². The summed E-state index contributed by atoms with van der Waals surface area (Å²) < 4.78 is 2.42. The summed E-state index contributed by atoms with van der Waals surface area (Å²) in [6, 6.07) is 0.535. The van der Waals surface area contributed by atoms with Crippen molar-refractivity contribution in [1.29, 1.82) is 0 Å². The molecule has 0 aromatic rings. The van der Waals surface area contributed by atoms with Crippen molar-refractivity contribution in [2.24, 2.45) is 0 Å². The Balaban J connectivity index is 2.26. The number of rotatable bonds is 5. The summed E-state index contributed by atoms with van der Waals surface area (Å²) in [6.45, 7) is 6.31. The van der Waals surface area contributed by atoms with E-state index in [-0.39, 0.29) is 0 Å². The zero-order valence-corrected chi connectivity index (χ0v) is 9.47. The molecule has 0 bridgehead atoms. The van der Waals surface area contributed by atoms with E-state index in [9.17, 15) is 0 Å². The van der Waals surface area contributed by atoms with Gasteiger partial charge >= 0.3 is 0 Å². The van der Waals surface area contributed by atoms with Crippen LogP contribution in [0.3, 0.4) is 0 Å². The molecule has 0 saturated carbocycles. The van der Waals surface area contributed by atoms with Gasteiger partial charge in [-0.25, -0.2) is 14.1 Å². The van der Waals surface area contributed by atoms with E-state index in [0.717, 1.165) is 0 Å². The fourth-order valence-corrected chi connectivity index (χ4v) is 2.65. The molecular weight excluding hydrogens is 186 g/mol. The molecule has 1 atom stereocenters. The van der Waals surface area contributed by atoms with Crippen LogP contribution < -0.4 is 0 Å². The van der Waals surface area contributed by atoms with Crippen LogP contribution >= 0.6 is 11.9 Å². The smallest absolute Gasteiger partial charge is 0.0986 e. The molecule has 78 valence electrons. The largest absolute Gasteiger partial charge is 0.245 e. The lowest BCUT2D eigenvalue weighted by molar-refractivity contribution is -0.277. The van der Waals surface area contributed by atoms with E-state index in [2.05, 4.69) is 23.0 Å². The molecule has 13 heavy (non-hydrogen) atoms. The first-order chi connectivity index (χ1) is 6.24. The van der Waals surface area contributed by atoms with Gasteiger partial charge in [0.2, 0.25) is 0 Å². The zero-order chi connectivity index (χ0) is 9.68. The van der Waals surface area contributed by atoms with Gasteiger partial charge in [0.05, 0.1) is 13.7 Å². The second kappa shape index (κ2) is 5.86. The maximum Gasteiger partial charge on any atom is 0.0986 e. The van der Waals surface area contributed by atoms with E-state index >= 15 is 0 Å². The Kier molecular flexibility index (Phi) is 5.09. The van der Waals surface area contributed by atoms with Crippen molar-refractivity contribution in [3.8, 4) is 0 Å². The molecule has 1 fully saturated rings. The third-order valence-electron chi connectivity index (χ3n) is 2.05. The zero-order valence-electron chi connectivity index (χ0n) is 8.66. The first-order valence-electron chi connectivity index (χ1n) is 4.83. The molecule has 1 aliphatic heterocycles. The third kappa shape index (κ3) is 3.85. The Hall–Kier alpha value is 0.230. The lowest BCUT2D eigenvalue weighted by Gasteiger charge is -2.23. The predicted molar refractivity (Wildman–Crippen MR) is 55.4 cm³/mol. The van der Waals surface area contributed by atoms with Crippen LogP contribution in [0.25, 0.3) is 0 Å². The van der Waals surface area contributed by atoms with Crippen molar-refractivity contribution >= 4 is 11.9 Å². The number of hydrogen-bond donors (Lipinski definition) is 0. The highest BCUT2D eigenvalue weighted by Gasteiger charge is 2.25. The number of nitrogens with zero attached hydrogens (tertiary/aromatic N) is 1. The van der Waals surface area contributed by atoms with Gasteiger partial charge in [-0.2, -0.15) is 0 Å². The van der Waals surface area contributed by atoms with Gasteiger partial charge in [0.1, 0.15) is 0 Å². The Morgan fingerprint density at radius 3 is 2.92 bits per heavy atom. The predicted octanol–water partition coefficient (Wildman–Crippen LogP) is 2.09. The van der Waals surface area contributed by atoms with Gasteiger partial charge in [-0.1, -0.05) is 25.8 Å². The fraction of sp³-hybridized carbons (Fsp3) is 1.00. The summed E-state index contributed by atoms with van der Waals surface area (Å²) >= 11 is 1.92. The van der Waals surface area contributed by atoms with Gasteiger partial charge < -0.3 is 0 Å². The van der Waals surface area contributed by atoms with E-state index in [1.54, 1.807) is 7.11 Å². The molecule has 0 N–H and O–H groups in total. The molecule has 1 heterocycles. The van der Waals surface area contributed by atoms with Crippen molar-refractivity contribution in [2.75, 3.05) is 20.3 Å². The summed E-state index contributed by atoms with van der Waals surface area (Å²) in [6.07, 6.45) is 2.50. The highest BCUT2D eigenvalue weighted by molar-refractivity contribution is 7.97. The molecule has 0 spiro atoms. The quantitative estimate of drug-likeness (QED) is 0.389. The second-order valence-electron chi connectivity index (χ2n) is 3.54. The molecule has 0 aromatic heterocycles. The Labute approximate surface area is 84.8 Å². The van der Waals surface area contributed by atoms with Crippen LogP contribution in [0.5, 0.6) is 0 Å². The average molecular weight is 205 g/mol. The van der Waals surface area contributed by atoms with Crippen molar-refractivity contribution in [1.82, 2.24) is 4.31 Å². The fourth-order valence-electron chi connectivity index (χ4n) is 1.53. The van der Waals surface area contributed by atoms with Gasteiger partial charge in [-0.05, 0) is 12.8 Å². The molecule has 4 heteroatoms. The molecule has 1 unspecified atom stereocenters. The molecule has 1 saturated heterocycles. The summed E-state index contributed by atoms with van der Waals surface area (Å²) in [5, 5.41) is 0.656. The molecule has 3 nitrogen and oxygen atoms in total. The maximum absolute atomic E-state index is 4.97. The van der Waals surface area contributed by atoms with Gasteiger partial charge in [0.25, 0.3) is 0 Å². The van der Waals surface area contributed by atoms with Crippen LogP contribution in [0, 0.1) is 0 Å². The molecule has 1 rings (SSSR count). The summed E-state index contributed by atoms with van der Waals surface area (Å²) in [5.74, 6) is 0. The number of hydrogen-bond acceptors (Lipinski definition) is 4. The summed E-state index contributed by atoms with van der Waals surface area (Å²) in [5.41, 5.74) is 0. The summed E-state index contributed by atoms with van der Waals surface area (Å²) in [4.78, 5) is 9.60. The van der Waals surface area contributed by atoms with Crippen molar-refractivity contribution < 1.29 is 9.78 Å². The lowest BCUT2D eigenvalue weighted by Crippen LogP contribution is -2.28. The molecule has 0 amide bonds. The maximum atomic E-state index is 4.97. The van der Waals surface area contributed by atoms with Crippen LogP contribution in [0.1, 0.15) is 26.7 Å². The van der Waals surface area contributed by atoms with Crippen LogP contribution in [-0.2, 0) is 9.78 Å². The summed E-state index contributed by atoms with van der Waals surface area (Å²) in [7, 11) is 1.56. The van der Waals surface area contributed by atoms with Gasteiger partial charge in [-0.3, -0.25) is 0 Å². The van der Waals surface area contributed by atoms with Crippen LogP contribution in [-0.4, -0.2) is 35.9 Å². The van der Waals surface area contributed by atoms with Crippen LogP contribution in [0.4, 0.5) is 0 Å². The first kappa shape index (κ1) is 11.3. The molecule has 0 aromatic carbocycles. The Morgan fingerprint density at radius 2 is 2.31 bits per heavy atom. The van der Waals surface area contributed by atoms with E-state index in [1.807, 2.05) is 11.9 Å². The SMILES string of the molecule is COOCC1CCCN1SC(C)C. The Bertz CT molecular complexity index is 144. The normalized spacial score (nSPS) is 24.5. The van der Waals surface area contributed by atoms with E-state index in [0.29, 0.717) is 17.9 Å². The van der Waals surface area contributed by atoms with E-state index in [4.69, 9.17) is 4.89 Å². The third-order valence-corrected chi connectivity index (χ3v) is 3.22. The standard InChI is InChI=1S/C9H19NO2S/c1-8(2)13-10-6-4-5-9(10)7-12-11-3/h8-9H,4-7H2,1-3H3. The van der Waals surface area contributed by atoms with Crippen LogP contribution in [0.2, 0.25) is 0 Å². The minimum absolute atomic E-state index is 0.535. The van der Waals surface area contributed by atoms with Gasteiger partial charge in [-0.15, -0.1) is 0 Å². The van der Waals surface area contributed by atoms with Gasteiger partial charge in [0, 0.05) is 17.8 Å². The average Bonchev–Trinajstić information content (AvgIpc) is 2.48. The van der Waals surface area contributed by atoms with Gasteiger partial charge in [0.15, 0.2) is 0 Å². The van der Waals surface area contributed by atoms with E-state index in [1.165, 1.54) is 19.4 Å². The van der Waals surface area contributed by atoms with Crippen molar-refractivity contribution in [2.45, 2.75) is 38.0 Å². The van der Waals surface area contributed by atoms with Crippen molar-refractivity contribution in [3.05, 3.63) is 0 Å². The second-order valence-corrected chi connectivity index (χ2v) is 5.16.